The van der Waals surface area contributed by atoms with Crippen molar-refractivity contribution in [2.45, 2.75) is 36.2 Å². The number of benzene rings is 1. The number of sulfonamides is 1. The zero-order valence-electron chi connectivity index (χ0n) is 14.6. The van der Waals surface area contributed by atoms with E-state index in [9.17, 15) is 8.42 Å². The van der Waals surface area contributed by atoms with Gasteiger partial charge in [-0.25, -0.2) is 8.42 Å². The lowest BCUT2D eigenvalue weighted by Gasteiger charge is -2.34. The minimum atomic E-state index is -3.57. The number of ether oxygens (including phenoxy) is 2. The fourth-order valence-electron chi connectivity index (χ4n) is 4.13. The van der Waals surface area contributed by atoms with E-state index in [1.807, 2.05) is 24.3 Å². The van der Waals surface area contributed by atoms with Gasteiger partial charge in [0, 0.05) is 24.5 Å². The van der Waals surface area contributed by atoms with Gasteiger partial charge in [-0.2, -0.15) is 4.31 Å². The summed E-state index contributed by atoms with van der Waals surface area (Å²) in [5.41, 5.74) is 0. The lowest BCUT2D eigenvalue weighted by molar-refractivity contribution is 0.162. The highest BCUT2D eigenvalue weighted by Crippen LogP contribution is 2.45. The molecule has 2 heterocycles. The Balaban J connectivity index is 1.56. The van der Waals surface area contributed by atoms with Crippen molar-refractivity contribution in [3.8, 4) is 11.5 Å². The molecule has 1 aliphatic heterocycles. The molecular weight excluding hydrogens is 352 g/mol. The van der Waals surface area contributed by atoms with E-state index in [0.29, 0.717) is 18.3 Å². The standard InChI is InChI=1S/C19H22N2O4S/c1-24-16-4-2-5-17(11-16)25-13-19-14-7-8-15(10-14)21(19)26(22,23)18-6-3-9-20-12-18/h2-6,9,11-12,14-15,19H,7-8,10,13H2,1H3/t14-,15+,19-/m0/s1. The van der Waals surface area contributed by atoms with Crippen molar-refractivity contribution in [3.63, 3.8) is 0 Å². The summed E-state index contributed by atoms with van der Waals surface area (Å²) in [7, 11) is -1.96. The maximum Gasteiger partial charge on any atom is 0.245 e. The van der Waals surface area contributed by atoms with E-state index in [2.05, 4.69) is 4.98 Å². The lowest BCUT2D eigenvalue weighted by atomic mass is 10.0. The number of hydrogen-bond donors (Lipinski definition) is 0. The van der Waals surface area contributed by atoms with Crippen LogP contribution in [0.2, 0.25) is 0 Å². The molecule has 1 aromatic carbocycles. The van der Waals surface area contributed by atoms with Crippen molar-refractivity contribution in [1.82, 2.24) is 9.29 Å². The maximum absolute atomic E-state index is 13.2. The second-order valence-electron chi connectivity index (χ2n) is 6.81. The van der Waals surface area contributed by atoms with E-state index >= 15 is 0 Å². The van der Waals surface area contributed by atoms with E-state index in [4.69, 9.17) is 9.47 Å². The van der Waals surface area contributed by atoms with Crippen LogP contribution < -0.4 is 9.47 Å². The zero-order chi connectivity index (χ0) is 18.1. The Bertz CT molecular complexity index is 872. The molecule has 4 rings (SSSR count). The van der Waals surface area contributed by atoms with Crippen molar-refractivity contribution in [2.24, 2.45) is 5.92 Å². The molecule has 2 aromatic rings. The first-order valence-electron chi connectivity index (χ1n) is 8.80. The van der Waals surface area contributed by atoms with Gasteiger partial charge >= 0.3 is 0 Å². The molecule has 0 spiro atoms. The van der Waals surface area contributed by atoms with Crippen LogP contribution in [0.1, 0.15) is 19.3 Å². The molecule has 26 heavy (non-hydrogen) atoms. The fraction of sp³-hybridized carbons (Fsp3) is 0.421. The Labute approximate surface area is 153 Å². The van der Waals surface area contributed by atoms with Gasteiger partial charge in [0.25, 0.3) is 0 Å². The number of rotatable bonds is 6. The van der Waals surface area contributed by atoms with Crippen LogP contribution in [0, 0.1) is 5.92 Å². The van der Waals surface area contributed by atoms with Gasteiger partial charge in [-0.15, -0.1) is 0 Å². The van der Waals surface area contributed by atoms with E-state index in [1.54, 1.807) is 29.7 Å². The van der Waals surface area contributed by atoms with Gasteiger partial charge in [0.05, 0.1) is 13.2 Å². The number of hydrogen-bond acceptors (Lipinski definition) is 5. The predicted octanol–water partition coefficient (Wildman–Crippen LogP) is 2.71. The monoisotopic (exact) mass is 374 g/mol. The average Bonchev–Trinajstić information content (AvgIpc) is 3.29. The van der Waals surface area contributed by atoms with E-state index < -0.39 is 10.0 Å². The van der Waals surface area contributed by atoms with Gasteiger partial charge in [-0.3, -0.25) is 4.98 Å². The van der Waals surface area contributed by atoms with Gasteiger partial charge in [-0.1, -0.05) is 6.07 Å². The van der Waals surface area contributed by atoms with Crippen molar-refractivity contribution < 1.29 is 17.9 Å². The van der Waals surface area contributed by atoms with Crippen LogP contribution in [-0.4, -0.2) is 43.5 Å². The van der Waals surface area contributed by atoms with Crippen molar-refractivity contribution in [1.29, 1.82) is 0 Å². The smallest absolute Gasteiger partial charge is 0.245 e. The summed E-state index contributed by atoms with van der Waals surface area (Å²) in [6.07, 6.45) is 5.88. The van der Waals surface area contributed by atoms with Crippen LogP contribution in [0.15, 0.2) is 53.7 Å². The minimum absolute atomic E-state index is 0.0594. The molecule has 2 fully saturated rings. The van der Waals surface area contributed by atoms with Gasteiger partial charge in [0.1, 0.15) is 23.0 Å². The normalized spacial score (nSPS) is 25.3. The third kappa shape index (κ3) is 3.05. The van der Waals surface area contributed by atoms with Crippen LogP contribution in [0.25, 0.3) is 0 Å². The largest absolute Gasteiger partial charge is 0.497 e. The molecule has 3 atom stereocenters. The number of fused-ring (bicyclic) bond motifs is 2. The van der Waals surface area contributed by atoms with Gasteiger partial charge in [-0.05, 0) is 49.4 Å². The Morgan fingerprint density at radius 3 is 2.81 bits per heavy atom. The highest BCUT2D eigenvalue weighted by atomic mass is 32.2. The molecule has 0 radical (unpaired) electrons. The Morgan fingerprint density at radius 1 is 1.19 bits per heavy atom. The highest BCUT2D eigenvalue weighted by Gasteiger charge is 2.51. The summed E-state index contributed by atoms with van der Waals surface area (Å²) in [6.45, 7) is 0.341. The molecule has 2 bridgehead atoms. The maximum atomic E-state index is 13.2. The fourth-order valence-corrected chi connectivity index (χ4v) is 5.99. The van der Waals surface area contributed by atoms with Gasteiger partial charge in [0.15, 0.2) is 0 Å². The molecule has 2 aliphatic rings. The summed E-state index contributed by atoms with van der Waals surface area (Å²) in [5.74, 6) is 1.75. The molecular formula is C19H22N2O4S. The summed E-state index contributed by atoms with van der Waals surface area (Å²) in [4.78, 5) is 4.22. The highest BCUT2D eigenvalue weighted by molar-refractivity contribution is 7.89. The molecule has 138 valence electrons. The number of aromatic nitrogens is 1. The topological polar surface area (TPSA) is 68.7 Å². The molecule has 6 nitrogen and oxygen atoms in total. The van der Waals surface area contributed by atoms with E-state index in [-0.39, 0.29) is 17.0 Å². The summed E-state index contributed by atoms with van der Waals surface area (Å²) >= 11 is 0. The van der Waals surface area contributed by atoms with Crippen LogP contribution in [0.3, 0.4) is 0 Å². The Kier molecular flexibility index (Phi) is 4.58. The molecule has 0 amide bonds. The summed E-state index contributed by atoms with van der Waals surface area (Å²) in [5, 5.41) is 0. The van der Waals surface area contributed by atoms with Crippen molar-refractivity contribution >= 4 is 10.0 Å². The van der Waals surface area contributed by atoms with Crippen molar-refractivity contribution in [2.75, 3.05) is 13.7 Å². The number of nitrogens with zero attached hydrogens (tertiary/aromatic N) is 2. The third-order valence-electron chi connectivity index (χ3n) is 5.35. The molecule has 0 unspecified atom stereocenters. The number of methoxy groups -OCH3 is 1. The molecule has 1 saturated carbocycles. The number of piperidine rings is 1. The van der Waals surface area contributed by atoms with Crippen LogP contribution >= 0.6 is 0 Å². The average molecular weight is 374 g/mol. The van der Waals surface area contributed by atoms with Crippen LogP contribution in [-0.2, 0) is 10.0 Å². The minimum Gasteiger partial charge on any atom is -0.497 e. The molecule has 7 heteroatoms. The SMILES string of the molecule is COc1cccc(OC[C@H]2[C@H]3CC[C@H](C3)N2S(=O)(=O)c2cccnc2)c1. The van der Waals surface area contributed by atoms with E-state index in [0.717, 1.165) is 25.0 Å². The molecule has 1 aliphatic carbocycles. The second-order valence-corrected chi connectivity index (χ2v) is 8.65. The first-order valence-corrected chi connectivity index (χ1v) is 10.2. The number of pyridine rings is 1. The van der Waals surface area contributed by atoms with Gasteiger partial charge in [0.2, 0.25) is 10.0 Å². The van der Waals surface area contributed by atoms with Crippen LogP contribution in [0.4, 0.5) is 0 Å². The first kappa shape index (κ1) is 17.3. The zero-order valence-corrected chi connectivity index (χ0v) is 15.4. The second kappa shape index (κ2) is 6.89. The third-order valence-corrected chi connectivity index (χ3v) is 7.31. The quantitative estimate of drug-likeness (QED) is 0.778. The summed E-state index contributed by atoms with van der Waals surface area (Å²) in [6, 6.07) is 10.6. The Hall–Kier alpha value is -2.12. The Morgan fingerprint density at radius 2 is 2.04 bits per heavy atom. The molecule has 0 N–H and O–H groups in total. The molecule has 1 saturated heterocycles. The summed E-state index contributed by atoms with van der Waals surface area (Å²) < 4.78 is 39.1. The molecule has 1 aromatic heterocycles. The van der Waals surface area contributed by atoms with Gasteiger partial charge < -0.3 is 9.47 Å². The predicted molar refractivity (Wildman–Crippen MR) is 96.7 cm³/mol. The lowest BCUT2D eigenvalue weighted by Crippen LogP contribution is -2.47. The van der Waals surface area contributed by atoms with Crippen LogP contribution in [0.5, 0.6) is 11.5 Å². The first-order chi connectivity index (χ1) is 12.6. The van der Waals surface area contributed by atoms with E-state index in [1.165, 1.54) is 6.20 Å². The van der Waals surface area contributed by atoms with Crippen molar-refractivity contribution in [3.05, 3.63) is 48.8 Å².